The summed E-state index contributed by atoms with van der Waals surface area (Å²) in [5.74, 6) is -0.257. The lowest BCUT2D eigenvalue weighted by Crippen LogP contribution is -2.45. The van der Waals surface area contributed by atoms with Crippen LogP contribution in [-0.4, -0.2) is 26.9 Å². The van der Waals surface area contributed by atoms with E-state index in [9.17, 15) is 13.2 Å². The number of carbonyl (C=O) groups is 1. The van der Waals surface area contributed by atoms with Crippen molar-refractivity contribution in [2.75, 3.05) is 6.54 Å². The van der Waals surface area contributed by atoms with Crippen LogP contribution in [0.3, 0.4) is 0 Å². The summed E-state index contributed by atoms with van der Waals surface area (Å²) in [6, 6.07) is 4.60. The molecule has 0 bridgehead atoms. The molecule has 0 radical (unpaired) electrons. The summed E-state index contributed by atoms with van der Waals surface area (Å²) in [5, 5.41) is 4.13. The first-order valence-electron chi connectivity index (χ1n) is 7.37. The Kier molecular flexibility index (Phi) is 4.64. The van der Waals surface area contributed by atoms with Gasteiger partial charge in [0, 0.05) is 16.3 Å². The van der Waals surface area contributed by atoms with Crippen LogP contribution in [0.4, 0.5) is 0 Å². The minimum atomic E-state index is -3.75. The fourth-order valence-electron chi connectivity index (χ4n) is 2.72. The standard InChI is InChI=1S/C15H17ClN2O3S2/c1-9-11-8-10(16)5-6-13(11)22-15(9)23(20,21)18-12-4-2-3-7-17-14(12)19/h5-6,8,12,18H,2-4,7H2,1H3,(H,17,19). The normalized spacial score (nSPS) is 19.6. The van der Waals surface area contributed by atoms with Gasteiger partial charge in [0.25, 0.3) is 10.0 Å². The average Bonchev–Trinajstić information content (AvgIpc) is 2.69. The summed E-state index contributed by atoms with van der Waals surface area (Å²) in [6.45, 7) is 2.36. The van der Waals surface area contributed by atoms with Crippen molar-refractivity contribution in [2.24, 2.45) is 0 Å². The van der Waals surface area contributed by atoms with Gasteiger partial charge < -0.3 is 5.32 Å². The van der Waals surface area contributed by atoms with Crippen LogP contribution in [0.2, 0.25) is 5.02 Å². The third-order valence-electron chi connectivity index (χ3n) is 3.93. The highest BCUT2D eigenvalue weighted by Crippen LogP contribution is 2.35. The van der Waals surface area contributed by atoms with E-state index in [1.54, 1.807) is 19.1 Å². The Morgan fingerprint density at radius 1 is 1.35 bits per heavy atom. The van der Waals surface area contributed by atoms with Crippen LogP contribution in [0.5, 0.6) is 0 Å². The van der Waals surface area contributed by atoms with Gasteiger partial charge in [-0.1, -0.05) is 11.6 Å². The third kappa shape index (κ3) is 3.38. The molecule has 1 fully saturated rings. The van der Waals surface area contributed by atoms with Crippen molar-refractivity contribution in [3.63, 3.8) is 0 Å². The Balaban J connectivity index is 1.96. The van der Waals surface area contributed by atoms with Gasteiger partial charge in [0.2, 0.25) is 5.91 Å². The van der Waals surface area contributed by atoms with Gasteiger partial charge >= 0.3 is 0 Å². The van der Waals surface area contributed by atoms with Crippen LogP contribution < -0.4 is 10.0 Å². The molecule has 1 atom stereocenters. The second kappa shape index (κ2) is 6.39. The van der Waals surface area contributed by atoms with Crippen LogP contribution in [0.25, 0.3) is 10.1 Å². The Bertz CT molecular complexity index is 861. The summed E-state index contributed by atoms with van der Waals surface area (Å²) in [7, 11) is -3.75. The fraction of sp³-hybridized carbons (Fsp3) is 0.400. The van der Waals surface area contributed by atoms with E-state index in [-0.39, 0.29) is 10.1 Å². The minimum Gasteiger partial charge on any atom is -0.355 e. The highest BCUT2D eigenvalue weighted by atomic mass is 35.5. The Morgan fingerprint density at radius 3 is 2.91 bits per heavy atom. The molecule has 1 aromatic carbocycles. The molecule has 1 unspecified atom stereocenters. The number of halogens is 1. The number of fused-ring (bicyclic) bond motifs is 1. The lowest BCUT2D eigenvalue weighted by molar-refractivity contribution is -0.122. The van der Waals surface area contributed by atoms with E-state index in [1.165, 1.54) is 11.3 Å². The lowest BCUT2D eigenvalue weighted by atomic mass is 10.1. The molecule has 1 aromatic heterocycles. The molecule has 3 rings (SSSR count). The molecule has 23 heavy (non-hydrogen) atoms. The largest absolute Gasteiger partial charge is 0.355 e. The molecule has 1 amide bonds. The van der Waals surface area contributed by atoms with Gasteiger partial charge in [-0.25, -0.2) is 8.42 Å². The van der Waals surface area contributed by atoms with Gasteiger partial charge in [-0.05, 0) is 55.3 Å². The molecule has 0 spiro atoms. The molecule has 2 heterocycles. The number of thiophene rings is 1. The van der Waals surface area contributed by atoms with Crippen molar-refractivity contribution < 1.29 is 13.2 Å². The maximum Gasteiger partial charge on any atom is 0.251 e. The minimum absolute atomic E-state index is 0.242. The van der Waals surface area contributed by atoms with E-state index in [2.05, 4.69) is 10.0 Å². The van der Waals surface area contributed by atoms with Crippen LogP contribution in [0.15, 0.2) is 22.4 Å². The lowest BCUT2D eigenvalue weighted by Gasteiger charge is -2.15. The zero-order chi connectivity index (χ0) is 16.6. The van der Waals surface area contributed by atoms with Crippen LogP contribution in [-0.2, 0) is 14.8 Å². The second-order valence-corrected chi connectivity index (χ2v) is 9.01. The second-order valence-electron chi connectivity index (χ2n) is 5.62. The topological polar surface area (TPSA) is 75.3 Å². The highest BCUT2D eigenvalue weighted by molar-refractivity contribution is 7.91. The van der Waals surface area contributed by atoms with Gasteiger partial charge in [0.05, 0.1) is 0 Å². The molecule has 5 nitrogen and oxygen atoms in total. The van der Waals surface area contributed by atoms with Crippen molar-refractivity contribution in [3.05, 3.63) is 28.8 Å². The molecule has 0 aliphatic carbocycles. The average molecular weight is 373 g/mol. The quantitative estimate of drug-likeness (QED) is 0.869. The molecule has 1 aliphatic heterocycles. The van der Waals surface area contributed by atoms with Gasteiger partial charge in [-0.2, -0.15) is 4.72 Å². The van der Waals surface area contributed by atoms with Crippen molar-refractivity contribution in [1.29, 1.82) is 0 Å². The molecule has 1 saturated heterocycles. The predicted octanol–water partition coefficient (Wildman–Crippen LogP) is 2.81. The van der Waals surface area contributed by atoms with Crippen molar-refractivity contribution >= 4 is 49.0 Å². The molecule has 2 N–H and O–H groups in total. The summed E-state index contributed by atoms with van der Waals surface area (Å²) in [5.41, 5.74) is 0.661. The van der Waals surface area contributed by atoms with Crippen LogP contribution in [0, 0.1) is 6.92 Å². The molecule has 8 heteroatoms. The van der Waals surface area contributed by atoms with Crippen molar-refractivity contribution in [2.45, 2.75) is 36.4 Å². The summed E-state index contributed by atoms with van der Waals surface area (Å²) in [4.78, 5) is 12.0. The van der Waals surface area contributed by atoms with E-state index in [0.717, 1.165) is 22.9 Å². The SMILES string of the molecule is Cc1c(S(=O)(=O)NC2CCCCNC2=O)sc2ccc(Cl)cc12. The van der Waals surface area contributed by atoms with E-state index in [0.29, 0.717) is 23.6 Å². The van der Waals surface area contributed by atoms with E-state index < -0.39 is 16.1 Å². The Labute approximate surface area is 144 Å². The van der Waals surface area contributed by atoms with E-state index in [1.807, 2.05) is 6.07 Å². The number of benzene rings is 1. The fourth-order valence-corrected chi connectivity index (χ4v) is 5.88. The molecule has 0 saturated carbocycles. The number of nitrogens with one attached hydrogen (secondary N) is 2. The van der Waals surface area contributed by atoms with Gasteiger partial charge in [0.15, 0.2) is 0 Å². The van der Waals surface area contributed by atoms with Crippen LogP contribution >= 0.6 is 22.9 Å². The smallest absolute Gasteiger partial charge is 0.251 e. The number of hydrogen-bond acceptors (Lipinski definition) is 4. The first-order chi connectivity index (χ1) is 10.9. The molecule has 1 aliphatic rings. The molecule has 124 valence electrons. The highest BCUT2D eigenvalue weighted by Gasteiger charge is 2.29. The Hall–Kier alpha value is -1.15. The first-order valence-corrected chi connectivity index (χ1v) is 10.0. The van der Waals surface area contributed by atoms with Gasteiger partial charge in [-0.15, -0.1) is 11.3 Å². The van der Waals surface area contributed by atoms with Gasteiger partial charge in [-0.3, -0.25) is 4.79 Å². The zero-order valence-corrected chi connectivity index (χ0v) is 14.9. The summed E-state index contributed by atoms with van der Waals surface area (Å²) in [6.07, 6.45) is 2.19. The zero-order valence-electron chi connectivity index (χ0n) is 12.6. The number of carbonyl (C=O) groups excluding carboxylic acids is 1. The first kappa shape index (κ1) is 16.7. The maximum atomic E-state index is 12.7. The number of amides is 1. The number of hydrogen-bond donors (Lipinski definition) is 2. The Morgan fingerprint density at radius 2 is 2.13 bits per heavy atom. The summed E-state index contributed by atoms with van der Waals surface area (Å²) >= 11 is 7.19. The molecule has 2 aromatic rings. The number of aryl methyl sites for hydroxylation is 1. The maximum absolute atomic E-state index is 12.7. The number of sulfonamides is 1. The van der Waals surface area contributed by atoms with Crippen molar-refractivity contribution in [1.82, 2.24) is 10.0 Å². The molecular formula is C15H17ClN2O3S2. The molecular weight excluding hydrogens is 356 g/mol. The number of rotatable bonds is 3. The van der Waals surface area contributed by atoms with E-state index >= 15 is 0 Å². The van der Waals surface area contributed by atoms with Crippen molar-refractivity contribution in [3.8, 4) is 0 Å². The third-order valence-corrected chi connectivity index (χ3v) is 7.53. The van der Waals surface area contributed by atoms with Crippen LogP contribution in [0.1, 0.15) is 24.8 Å². The monoisotopic (exact) mass is 372 g/mol. The van der Waals surface area contributed by atoms with Gasteiger partial charge in [0.1, 0.15) is 10.3 Å². The van der Waals surface area contributed by atoms with E-state index in [4.69, 9.17) is 11.6 Å². The predicted molar refractivity (Wildman–Crippen MR) is 92.5 cm³/mol. The summed E-state index contributed by atoms with van der Waals surface area (Å²) < 4.78 is 29.1.